The second kappa shape index (κ2) is 7.19. The molecule has 2 atom stereocenters. The molecule has 0 fully saturated rings. The summed E-state index contributed by atoms with van der Waals surface area (Å²) in [6.07, 6.45) is 0. The van der Waals surface area contributed by atoms with Crippen LogP contribution in [0.2, 0.25) is 0 Å². The zero-order valence-electron chi connectivity index (χ0n) is 16.6. The molecule has 0 N–H and O–H groups in total. The lowest BCUT2D eigenvalue weighted by Gasteiger charge is -2.28. The molecule has 2 aromatic carbocycles. The van der Waals surface area contributed by atoms with Crippen molar-refractivity contribution >= 4 is 46.3 Å². The molecule has 0 unspecified atom stereocenters. The number of benzene rings is 2. The molecule has 28 heavy (non-hydrogen) atoms. The summed E-state index contributed by atoms with van der Waals surface area (Å²) in [4.78, 5) is 0. The summed E-state index contributed by atoms with van der Waals surface area (Å²) < 4.78 is 0. The second-order valence-electron chi connectivity index (χ2n) is 7.56. The molecule has 0 saturated heterocycles. The Morgan fingerprint density at radius 3 is 1.18 bits per heavy atom. The van der Waals surface area contributed by atoms with Crippen molar-refractivity contribution in [2.24, 2.45) is 0 Å². The third kappa shape index (κ3) is 2.94. The first-order valence-corrected chi connectivity index (χ1v) is 15.2. The quantitative estimate of drug-likeness (QED) is 0.474. The third-order valence-corrected chi connectivity index (χ3v) is 15.1. The van der Waals surface area contributed by atoms with Gasteiger partial charge in [-0.2, -0.15) is 0 Å². The molecule has 142 valence electrons. The maximum absolute atomic E-state index is 6.48. The van der Waals surface area contributed by atoms with Gasteiger partial charge in [0.25, 0.3) is 0 Å². The summed E-state index contributed by atoms with van der Waals surface area (Å²) in [6, 6.07) is 17.2. The van der Waals surface area contributed by atoms with E-state index in [4.69, 9.17) is 23.6 Å². The summed E-state index contributed by atoms with van der Waals surface area (Å²) in [7, 11) is 0. The van der Waals surface area contributed by atoms with Crippen molar-refractivity contribution < 1.29 is 0 Å². The minimum absolute atomic E-state index is 1.26. The van der Waals surface area contributed by atoms with Gasteiger partial charge < -0.3 is 0 Å². The number of rotatable bonds is 3. The van der Waals surface area contributed by atoms with E-state index in [0.29, 0.717) is 0 Å². The van der Waals surface area contributed by atoms with Gasteiger partial charge in [0, 0.05) is 22.7 Å². The van der Waals surface area contributed by atoms with E-state index in [9.17, 15) is 0 Å². The summed E-state index contributed by atoms with van der Waals surface area (Å²) in [6.45, 7) is 8.86. The van der Waals surface area contributed by atoms with Gasteiger partial charge >= 0.3 is 0 Å². The minimum atomic E-state index is -2.04. The zero-order chi connectivity index (χ0) is 20.1. The smallest absolute Gasteiger partial charge is 0.0322 e. The van der Waals surface area contributed by atoms with Gasteiger partial charge in [0.05, 0.1) is 0 Å². The van der Waals surface area contributed by atoms with Gasteiger partial charge in [-0.15, -0.1) is 0 Å². The molecule has 4 rings (SSSR count). The van der Waals surface area contributed by atoms with Crippen LogP contribution in [0.4, 0.5) is 0 Å². The van der Waals surface area contributed by atoms with Crippen molar-refractivity contribution in [3.8, 4) is 0 Å². The van der Waals surface area contributed by atoms with Crippen molar-refractivity contribution in [1.82, 2.24) is 0 Å². The molecule has 2 aliphatic rings. The second-order valence-corrected chi connectivity index (χ2v) is 16.1. The normalized spacial score (nSPS) is 27.3. The van der Waals surface area contributed by atoms with E-state index in [1.165, 1.54) is 43.5 Å². The molecular weight excluding hydrogens is 414 g/mol. The van der Waals surface area contributed by atoms with Gasteiger partial charge in [-0.3, -0.25) is 0 Å². The predicted octanol–water partition coefficient (Wildman–Crippen LogP) is 6.98. The van der Waals surface area contributed by atoms with E-state index >= 15 is 0 Å². The lowest BCUT2D eigenvalue weighted by molar-refractivity contribution is 1.32. The van der Waals surface area contributed by atoms with Crippen LogP contribution in [0.5, 0.6) is 0 Å². The molecule has 0 nitrogen and oxygen atoms in total. The van der Waals surface area contributed by atoms with Gasteiger partial charge in [-0.05, 0) is 72.2 Å². The van der Waals surface area contributed by atoms with Crippen LogP contribution in [-0.2, 0) is 23.6 Å². The van der Waals surface area contributed by atoms with Crippen molar-refractivity contribution in [3.05, 3.63) is 105 Å². The fraction of sp³-hybridized carbons (Fsp3) is 0.167. The fourth-order valence-corrected chi connectivity index (χ4v) is 14.6. The van der Waals surface area contributed by atoms with Crippen LogP contribution >= 0.6 is 12.1 Å². The number of hydrogen-bond donors (Lipinski definition) is 0. The summed E-state index contributed by atoms with van der Waals surface area (Å²) >= 11 is 13.0. The molecule has 0 saturated carbocycles. The number of hydrogen-bond acceptors (Lipinski definition) is 2. The lowest BCUT2D eigenvalue weighted by atomic mass is 10.1. The first-order valence-electron chi connectivity index (χ1n) is 9.42. The highest BCUT2D eigenvalue weighted by Crippen LogP contribution is 2.74. The van der Waals surface area contributed by atoms with Crippen LogP contribution in [0.25, 0.3) is 0 Å². The largest absolute Gasteiger partial charge is 0.0832 e. The molecule has 0 spiro atoms. The Morgan fingerprint density at radius 1 is 0.536 bits per heavy atom. The lowest BCUT2D eigenvalue weighted by Crippen LogP contribution is -2.09. The van der Waals surface area contributed by atoms with Gasteiger partial charge in [0.15, 0.2) is 0 Å². The van der Waals surface area contributed by atoms with Crippen LogP contribution in [0.1, 0.15) is 27.7 Å². The van der Waals surface area contributed by atoms with E-state index in [-0.39, 0.29) is 0 Å². The van der Waals surface area contributed by atoms with E-state index in [1.807, 2.05) is 0 Å². The Balaban J connectivity index is 2.01. The van der Waals surface area contributed by atoms with Crippen LogP contribution in [0.15, 0.2) is 105 Å². The van der Waals surface area contributed by atoms with Crippen LogP contribution in [0, 0.1) is 0 Å². The fourth-order valence-electron chi connectivity index (χ4n) is 4.12. The molecule has 0 aromatic heterocycles. The summed E-state index contributed by atoms with van der Waals surface area (Å²) in [5, 5.41) is 5.22. The molecule has 2 aromatic rings. The number of allylic oxidation sites excluding steroid dienone is 6. The summed E-state index contributed by atoms with van der Waals surface area (Å²) in [5.74, 6) is 4.72. The maximum atomic E-state index is 6.48. The Bertz CT molecular complexity index is 1080. The highest BCUT2D eigenvalue weighted by atomic mass is 32.4. The van der Waals surface area contributed by atoms with E-state index in [1.54, 1.807) is 0 Å². The third-order valence-electron chi connectivity index (χ3n) is 5.81. The highest BCUT2D eigenvalue weighted by Gasteiger charge is 2.40. The zero-order valence-corrected chi connectivity index (χ0v) is 20.1. The first kappa shape index (κ1) is 20.0. The van der Waals surface area contributed by atoms with Crippen molar-refractivity contribution in [2.45, 2.75) is 27.7 Å². The minimum Gasteiger partial charge on any atom is -0.0832 e. The predicted molar refractivity (Wildman–Crippen MR) is 134 cm³/mol. The van der Waals surface area contributed by atoms with Gasteiger partial charge in [0.1, 0.15) is 0 Å². The molecule has 0 bridgehead atoms. The molecule has 2 aliphatic heterocycles. The maximum Gasteiger partial charge on any atom is 0.0322 e. The van der Waals surface area contributed by atoms with E-state index in [0.717, 1.165) is 0 Å². The highest BCUT2D eigenvalue weighted by molar-refractivity contribution is 8.25. The average Bonchev–Trinajstić information content (AvgIpc) is 3.07. The van der Waals surface area contributed by atoms with Gasteiger partial charge in [0.2, 0.25) is 0 Å². The molecule has 0 aliphatic carbocycles. The van der Waals surface area contributed by atoms with Gasteiger partial charge in [-0.1, -0.05) is 84.3 Å². The standard InChI is InChI=1S/C24H24P2S2/c1-17-15-25(27,21-11-7-5-8-12-21)23(19(17)3)24-20(4)18(2)16-26(24,28)22-13-9-6-10-14-22/h5-16H,1-4H3/t25-,26-/m0/s1. The first-order chi connectivity index (χ1) is 13.3. The van der Waals surface area contributed by atoms with Crippen molar-refractivity contribution in [2.75, 3.05) is 0 Å². The monoisotopic (exact) mass is 438 g/mol. The van der Waals surface area contributed by atoms with Crippen molar-refractivity contribution in [1.29, 1.82) is 0 Å². The molecule has 2 heterocycles. The molecule has 0 radical (unpaired) electrons. The SMILES string of the molecule is CC1=C[P@](=S)(c2ccccc2)C(C2=C(C)C(C)=C[P@]2(=S)c2ccccc2)=C1C. The summed E-state index contributed by atoms with van der Waals surface area (Å²) in [5.41, 5.74) is 5.27. The Morgan fingerprint density at radius 2 is 0.857 bits per heavy atom. The van der Waals surface area contributed by atoms with Crippen LogP contribution in [0.3, 0.4) is 0 Å². The molecule has 4 heteroatoms. The Labute approximate surface area is 178 Å². The van der Waals surface area contributed by atoms with Crippen LogP contribution in [-0.4, -0.2) is 0 Å². The van der Waals surface area contributed by atoms with E-state index in [2.05, 4.69) is 100.0 Å². The Hall–Kier alpha value is -1.30. The van der Waals surface area contributed by atoms with E-state index < -0.39 is 12.1 Å². The Kier molecular flexibility index (Phi) is 5.13. The van der Waals surface area contributed by atoms with Gasteiger partial charge in [-0.25, -0.2) is 0 Å². The molecule has 0 amide bonds. The molecular formula is C24H24P2S2. The van der Waals surface area contributed by atoms with Crippen LogP contribution < -0.4 is 10.6 Å². The van der Waals surface area contributed by atoms with Crippen molar-refractivity contribution in [3.63, 3.8) is 0 Å². The topological polar surface area (TPSA) is 0 Å². The average molecular weight is 439 g/mol.